The lowest BCUT2D eigenvalue weighted by molar-refractivity contribution is -0.135. The summed E-state index contributed by atoms with van der Waals surface area (Å²) < 4.78 is 1.97. The monoisotopic (exact) mass is 441 g/mol. The van der Waals surface area contributed by atoms with Crippen LogP contribution in [-0.4, -0.2) is 38.9 Å². The molecule has 4 rings (SSSR count). The van der Waals surface area contributed by atoms with E-state index >= 15 is 0 Å². The molecule has 3 aromatic carbocycles. The van der Waals surface area contributed by atoms with E-state index in [0.717, 1.165) is 16.9 Å². The Labute approximate surface area is 190 Å². The van der Waals surface area contributed by atoms with Gasteiger partial charge >= 0.3 is 5.97 Å². The lowest BCUT2D eigenvalue weighted by Crippen LogP contribution is -2.35. The van der Waals surface area contributed by atoms with Gasteiger partial charge in [-0.1, -0.05) is 42.5 Å². The van der Waals surface area contributed by atoms with Crippen molar-refractivity contribution in [2.24, 2.45) is 12.8 Å². The minimum absolute atomic E-state index is 0.0211. The molecule has 33 heavy (non-hydrogen) atoms. The number of imidazole rings is 1. The van der Waals surface area contributed by atoms with Crippen LogP contribution in [0.2, 0.25) is 0 Å². The number of nitrogen functional groups attached to an aromatic ring is 1. The first-order valence-corrected chi connectivity index (χ1v) is 10.3. The smallest absolute Gasteiger partial charge is 0.323 e. The van der Waals surface area contributed by atoms with Gasteiger partial charge in [0, 0.05) is 30.3 Å². The molecule has 0 aliphatic rings. The molecule has 0 atom stereocenters. The van der Waals surface area contributed by atoms with Gasteiger partial charge in [-0.2, -0.15) is 0 Å². The molecule has 0 aliphatic heterocycles. The Bertz CT molecular complexity index is 1340. The maximum absolute atomic E-state index is 13.0. The van der Waals surface area contributed by atoms with Crippen molar-refractivity contribution in [3.8, 4) is 0 Å². The van der Waals surface area contributed by atoms with Crippen LogP contribution in [0.3, 0.4) is 0 Å². The number of hydrogen-bond donors (Lipinski definition) is 3. The number of aromatic nitrogens is 2. The molecule has 0 aliphatic carbocycles. The number of hydrogen-bond acceptors (Lipinski definition) is 4. The highest BCUT2D eigenvalue weighted by atomic mass is 16.4. The van der Waals surface area contributed by atoms with Crippen LogP contribution in [0.5, 0.6) is 0 Å². The molecule has 0 bridgehead atoms. The summed E-state index contributed by atoms with van der Waals surface area (Å²) >= 11 is 0. The van der Waals surface area contributed by atoms with Crippen molar-refractivity contribution in [3.05, 3.63) is 95.3 Å². The van der Waals surface area contributed by atoms with Crippen LogP contribution in [-0.2, 0) is 18.3 Å². The summed E-state index contributed by atoms with van der Waals surface area (Å²) in [6, 6.07) is 21.3. The number of carboxylic acids is 1. The fourth-order valence-corrected chi connectivity index (χ4v) is 3.70. The molecule has 8 heteroatoms. The first-order chi connectivity index (χ1) is 15.8. The lowest BCUT2D eigenvalue weighted by atomic mass is 10.1. The van der Waals surface area contributed by atoms with E-state index in [0.29, 0.717) is 28.8 Å². The number of carboxylic acid groups (broad SMARTS) is 1. The molecular formula is C25H23N5O3. The summed E-state index contributed by atoms with van der Waals surface area (Å²) in [4.78, 5) is 30.5. The number of nitrogens with zero attached hydrogens (tertiary/aromatic N) is 3. The zero-order valence-corrected chi connectivity index (χ0v) is 18.0. The molecule has 1 aromatic heterocycles. The number of fused-ring (bicyclic) bond motifs is 1. The van der Waals surface area contributed by atoms with Gasteiger partial charge in [0.05, 0.1) is 11.0 Å². The standard InChI is InChI=1S/C25H23N5O3/c1-29-21-12-11-19(30(15-23(31)32)25(33)18-5-3-2-4-6-18)14-20(21)28-22(29)13-16-7-9-17(10-8-16)24(26)27/h2-12,14H,13,15H2,1H3,(H3,26,27)(H,31,32). The highest BCUT2D eigenvalue weighted by molar-refractivity contribution is 6.08. The second-order valence-corrected chi connectivity index (χ2v) is 7.70. The Balaban J connectivity index is 1.67. The third kappa shape index (κ3) is 4.59. The molecule has 0 spiro atoms. The Morgan fingerprint density at radius 1 is 1.03 bits per heavy atom. The van der Waals surface area contributed by atoms with E-state index in [4.69, 9.17) is 16.1 Å². The van der Waals surface area contributed by atoms with Gasteiger partial charge in [0.1, 0.15) is 18.2 Å². The normalized spacial score (nSPS) is 10.8. The van der Waals surface area contributed by atoms with Gasteiger partial charge in [-0.05, 0) is 35.9 Å². The Morgan fingerprint density at radius 2 is 1.73 bits per heavy atom. The average Bonchev–Trinajstić information content (AvgIpc) is 3.12. The number of carbonyl (C=O) groups excluding carboxylic acids is 1. The average molecular weight is 441 g/mol. The summed E-state index contributed by atoms with van der Waals surface area (Å²) in [5.74, 6) is -0.654. The molecule has 1 heterocycles. The van der Waals surface area contributed by atoms with Gasteiger partial charge < -0.3 is 15.4 Å². The fraction of sp³-hybridized carbons (Fsp3) is 0.120. The van der Waals surface area contributed by atoms with Crippen molar-refractivity contribution in [2.75, 3.05) is 11.4 Å². The highest BCUT2D eigenvalue weighted by Crippen LogP contribution is 2.25. The topological polar surface area (TPSA) is 125 Å². The molecule has 0 saturated carbocycles. The van der Waals surface area contributed by atoms with Crippen LogP contribution in [0, 0.1) is 5.41 Å². The molecular weight excluding hydrogens is 418 g/mol. The first-order valence-electron chi connectivity index (χ1n) is 10.3. The van der Waals surface area contributed by atoms with Crippen LogP contribution < -0.4 is 10.6 Å². The molecule has 4 N–H and O–H groups in total. The molecule has 8 nitrogen and oxygen atoms in total. The number of amidine groups is 1. The van der Waals surface area contributed by atoms with Crippen LogP contribution in [0.25, 0.3) is 11.0 Å². The molecule has 0 fully saturated rings. The molecule has 166 valence electrons. The zero-order valence-electron chi connectivity index (χ0n) is 18.0. The van der Waals surface area contributed by atoms with E-state index in [1.165, 1.54) is 4.90 Å². The number of nitrogens with one attached hydrogen (secondary N) is 1. The van der Waals surface area contributed by atoms with E-state index in [1.54, 1.807) is 54.6 Å². The number of benzene rings is 3. The predicted octanol–water partition coefficient (Wildman–Crippen LogP) is 3.18. The lowest BCUT2D eigenvalue weighted by Gasteiger charge is -2.21. The van der Waals surface area contributed by atoms with E-state index in [1.807, 2.05) is 29.8 Å². The summed E-state index contributed by atoms with van der Waals surface area (Å²) in [5.41, 5.74) is 9.62. The third-order valence-corrected chi connectivity index (χ3v) is 5.46. The van der Waals surface area contributed by atoms with Gasteiger partial charge in [0.25, 0.3) is 5.91 Å². The van der Waals surface area contributed by atoms with Crippen LogP contribution >= 0.6 is 0 Å². The molecule has 4 aromatic rings. The Kier molecular flexibility index (Phi) is 5.91. The third-order valence-electron chi connectivity index (χ3n) is 5.46. The number of nitrogens with two attached hydrogens (primary N) is 1. The van der Waals surface area contributed by atoms with Crippen LogP contribution in [0.1, 0.15) is 27.3 Å². The number of anilines is 1. The summed E-state index contributed by atoms with van der Waals surface area (Å²) in [6.07, 6.45) is 0.570. The quantitative estimate of drug-likeness (QED) is 0.300. The zero-order chi connectivity index (χ0) is 23.5. The van der Waals surface area contributed by atoms with Crippen molar-refractivity contribution < 1.29 is 14.7 Å². The maximum atomic E-state index is 13.0. The summed E-state index contributed by atoms with van der Waals surface area (Å²) in [7, 11) is 1.92. The summed E-state index contributed by atoms with van der Waals surface area (Å²) in [6.45, 7) is -0.457. The summed E-state index contributed by atoms with van der Waals surface area (Å²) in [5, 5.41) is 16.9. The van der Waals surface area contributed by atoms with Crippen molar-refractivity contribution in [1.29, 1.82) is 5.41 Å². The minimum atomic E-state index is -1.10. The van der Waals surface area contributed by atoms with Crippen molar-refractivity contribution in [2.45, 2.75) is 6.42 Å². The van der Waals surface area contributed by atoms with E-state index in [2.05, 4.69) is 0 Å². The van der Waals surface area contributed by atoms with Crippen molar-refractivity contribution >= 4 is 34.4 Å². The Morgan fingerprint density at radius 3 is 2.36 bits per heavy atom. The molecule has 1 amide bonds. The molecule has 0 radical (unpaired) electrons. The van der Waals surface area contributed by atoms with Gasteiger partial charge in [-0.3, -0.25) is 19.9 Å². The largest absolute Gasteiger partial charge is 0.480 e. The number of aryl methyl sites for hydroxylation is 1. The second kappa shape index (κ2) is 8.96. The van der Waals surface area contributed by atoms with Crippen LogP contribution in [0.4, 0.5) is 5.69 Å². The van der Waals surface area contributed by atoms with Crippen molar-refractivity contribution in [3.63, 3.8) is 0 Å². The van der Waals surface area contributed by atoms with Gasteiger partial charge in [0.15, 0.2) is 0 Å². The van der Waals surface area contributed by atoms with Gasteiger partial charge in [-0.25, -0.2) is 4.98 Å². The number of aliphatic carboxylic acids is 1. The second-order valence-electron chi connectivity index (χ2n) is 7.70. The Hall–Kier alpha value is -4.46. The number of rotatable bonds is 7. The highest BCUT2D eigenvalue weighted by Gasteiger charge is 2.21. The molecule has 0 unspecified atom stereocenters. The fourth-order valence-electron chi connectivity index (χ4n) is 3.70. The maximum Gasteiger partial charge on any atom is 0.323 e. The SMILES string of the molecule is Cn1c(Cc2ccc(C(=N)N)cc2)nc2cc(N(CC(=O)O)C(=O)c3ccccc3)ccc21. The van der Waals surface area contributed by atoms with Crippen molar-refractivity contribution in [1.82, 2.24) is 9.55 Å². The number of carbonyl (C=O) groups is 2. The van der Waals surface area contributed by atoms with Gasteiger partial charge in [-0.15, -0.1) is 0 Å². The minimum Gasteiger partial charge on any atom is -0.480 e. The van der Waals surface area contributed by atoms with Gasteiger partial charge in [0.2, 0.25) is 0 Å². The van der Waals surface area contributed by atoms with E-state index < -0.39 is 12.5 Å². The van der Waals surface area contributed by atoms with E-state index in [9.17, 15) is 14.7 Å². The van der Waals surface area contributed by atoms with Crippen LogP contribution in [0.15, 0.2) is 72.8 Å². The van der Waals surface area contributed by atoms with E-state index in [-0.39, 0.29) is 11.7 Å². The first kappa shape index (κ1) is 21.8. The number of amides is 1. The predicted molar refractivity (Wildman–Crippen MR) is 127 cm³/mol. The molecule has 0 saturated heterocycles.